The number of hydrogen-bond acceptors (Lipinski definition) is 4. The van der Waals surface area contributed by atoms with Gasteiger partial charge in [0, 0.05) is 19.2 Å². The molecule has 4 nitrogen and oxygen atoms in total. The Hall–Kier alpha value is -1.20. The molecule has 1 saturated heterocycles. The summed E-state index contributed by atoms with van der Waals surface area (Å²) in [6.45, 7) is 3.68. The molecule has 0 spiro atoms. The van der Waals surface area contributed by atoms with Crippen molar-refractivity contribution in [2.45, 2.75) is 19.1 Å². The lowest BCUT2D eigenvalue weighted by Crippen LogP contribution is -2.28. The van der Waals surface area contributed by atoms with E-state index >= 15 is 0 Å². The minimum Gasteiger partial charge on any atom is -0.367 e. The van der Waals surface area contributed by atoms with Gasteiger partial charge in [0.1, 0.15) is 0 Å². The summed E-state index contributed by atoms with van der Waals surface area (Å²) < 4.78 is 24.1. The summed E-state index contributed by atoms with van der Waals surface area (Å²) in [5.74, 6) is -0.622. The van der Waals surface area contributed by atoms with Crippen LogP contribution in [-0.2, 0) is 9.47 Å². The minimum absolute atomic E-state index is 0.268. The summed E-state index contributed by atoms with van der Waals surface area (Å²) in [7, 11) is 0. The van der Waals surface area contributed by atoms with Gasteiger partial charge in [-0.15, -0.1) is 0 Å². The first-order chi connectivity index (χ1) is 7.70. The Morgan fingerprint density at radius 1 is 1.50 bits per heavy atom. The highest BCUT2D eigenvalue weighted by Gasteiger charge is 2.30. The van der Waals surface area contributed by atoms with Crippen LogP contribution < -0.4 is 5.32 Å². The molecule has 1 fully saturated rings. The van der Waals surface area contributed by atoms with Crippen LogP contribution in [0.5, 0.6) is 0 Å². The molecule has 0 amide bonds. The van der Waals surface area contributed by atoms with Gasteiger partial charge in [0.15, 0.2) is 17.4 Å². The maximum Gasteiger partial charge on any atom is 0.167 e. The van der Waals surface area contributed by atoms with Crippen LogP contribution in [0.25, 0.3) is 0 Å². The Labute approximate surface area is 93.8 Å². The van der Waals surface area contributed by atoms with Crippen LogP contribution in [0, 0.1) is 5.82 Å². The molecule has 2 rings (SSSR count). The molecular formula is C11H15FN2O2. The Bertz CT molecular complexity index is 354. The van der Waals surface area contributed by atoms with E-state index in [0.29, 0.717) is 26.2 Å². The molecule has 1 aliphatic heterocycles. The van der Waals surface area contributed by atoms with E-state index in [1.54, 1.807) is 12.3 Å². The quantitative estimate of drug-likeness (QED) is 0.850. The van der Waals surface area contributed by atoms with Crippen molar-refractivity contribution in [1.29, 1.82) is 0 Å². The topological polar surface area (TPSA) is 43.4 Å². The summed E-state index contributed by atoms with van der Waals surface area (Å²) in [5, 5.41) is 2.92. The normalized spacial score (nSPS) is 18.6. The maximum atomic E-state index is 13.2. The molecule has 0 bridgehead atoms. The second kappa shape index (κ2) is 4.76. The van der Waals surface area contributed by atoms with Gasteiger partial charge in [-0.1, -0.05) is 0 Å². The van der Waals surface area contributed by atoms with E-state index in [9.17, 15) is 4.39 Å². The van der Waals surface area contributed by atoms with Gasteiger partial charge in [-0.3, -0.25) is 0 Å². The Morgan fingerprint density at radius 2 is 2.25 bits per heavy atom. The van der Waals surface area contributed by atoms with Crippen LogP contribution in [0.2, 0.25) is 0 Å². The van der Waals surface area contributed by atoms with Gasteiger partial charge < -0.3 is 14.8 Å². The Kier molecular flexibility index (Phi) is 3.36. The lowest BCUT2D eigenvalue weighted by atomic mass is 10.2. The fourth-order valence-corrected chi connectivity index (χ4v) is 1.62. The van der Waals surface area contributed by atoms with Gasteiger partial charge >= 0.3 is 0 Å². The van der Waals surface area contributed by atoms with Crippen LogP contribution in [0.1, 0.15) is 13.3 Å². The molecule has 1 N–H and O–H groups in total. The van der Waals surface area contributed by atoms with E-state index in [-0.39, 0.29) is 11.6 Å². The van der Waals surface area contributed by atoms with Crippen molar-refractivity contribution >= 4 is 5.82 Å². The first-order valence-electron chi connectivity index (χ1n) is 5.32. The molecule has 0 atom stereocenters. The average molecular weight is 226 g/mol. The first-order valence-corrected chi connectivity index (χ1v) is 5.32. The fourth-order valence-electron chi connectivity index (χ4n) is 1.62. The third-order valence-electron chi connectivity index (χ3n) is 2.53. The van der Waals surface area contributed by atoms with Gasteiger partial charge in [-0.05, 0) is 19.1 Å². The van der Waals surface area contributed by atoms with E-state index < -0.39 is 5.79 Å². The zero-order valence-corrected chi connectivity index (χ0v) is 9.20. The number of nitrogens with zero attached hydrogens (tertiary/aromatic N) is 1. The van der Waals surface area contributed by atoms with Crippen molar-refractivity contribution in [1.82, 2.24) is 4.98 Å². The number of aromatic nitrogens is 1. The highest BCUT2D eigenvalue weighted by Crippen LogP contribution is 2.22. The molecule has 16 heavy (non-hydrogen) atoms. The summed E-state index contributed by atoms with van der Waals surface area (Å²) in [6.07, 6.45) is 2.21. The van der Waals surface area contributed by atoms with Crippen molar-refractivity contribution in [2.24, 2.45) is 0 Å². The molecule has 1 aromatic heterocycles. The second-order valence-corrected chi connectivity index (χ2v) is 3.84. The van der Waals surface area contributed by atoms with E-state index in [0.717, 1.165) is 0 Å². The number of pyridine rings is 1. The van der Waals surface area contributed by atoms with E-state index in [2.05, 4.69) is 10.3 Å². The Balaban J connectivity index is 1.82. The molecule has 0 aromatic carbocycles. The predicted octanol–water partition coefficient (Wildman–Crippen LogP) is 1.79. The standard InChI is InChI=1S/C11H15FN2O2/c1-11(15-7-8-16-11)4-6-14-10-9(12)3-2-5-13-10/h2-3,5H,4,6-8H2,1H3,(H,13,14). The SMILES string of the molecule is CC1(CCNc2ncccc2F)OCCO1. The van der Waals surface area contributed by atoms with Gasteiger partial charge in [-0.25, -0.2) is 9.37 Å². The number of nitrogens with one attached hydrogen (secondary N) is 1. The highest BCUT2D eigenvalue weighted by molar-refractivity contribution is 5.35. The smallest absolute Gasteiger partial charge is 0.167 e. The largest absolute Gasteiger partial charge is 0.367 e. The van der Waals surface area contributed by atoms with Crippen molar-refractivity contribution in [2.75, 3.05) is 25.1 Å². The van der Waals surface area contributed by atoms with E-state index in [4.69, 9.17) is 9.47 Å². The number of anilines is 1. The number of rotatable bonds is 4. The molecule has 1 aliphatic rings. The molecular weight excluding hydrogens is 211 g/mol. The van der Waals surface area contributed by atoms with Crippen molar-refractivity contribution < 1.29 is 13.9 Å². The van der Waals surface area contributed by atoms with Crippen molar-refractivity contribution in [3.8, 4) is 0 Å². The number of hydrogen-bond donors (Lipinski definition) is 1. The summed E-state index contributed by atoms with van der Waals surface area (Å²) in [5.41, 5.74) is 0. The molecule has 0 radical (unpaired) electrons. The molecule has 88 valence electrons. The zero-order chi connectivity index (χ0) is 11.4. The molecule has 2 heterocycles. The monoisotopic (exact) mass is 226 g/mol. The van der Waals surface area contributed by atoms with Crippen LogP contribution >= 0.6 is 0 Å². The number of ether oxygens (including phenoxy) is 2. The average Bonchev–Trinajstić information content (AvgIpc) is 2.68. The van der Waals surface area contributed by atoms with Crippen LogP contribution in [-0.4, -0.2) is 30.5 Å². The van der Waals surface area contributed by atoms with Gasteiger partial charge in [0.05, 0.1) is 13.2 Å². The maximum absolute atomic E-state index is 13.2. The zero-order valence-electron chi connectivity index (χ0n) is 9.20. The molecule has 1 aromatic rings. The first kappa shape index (κ1) is 11.3. The number of halogens is 1. The van der Waals surface area contributed by atoms with Crippen molar-refractivity contribution in [3.63, 3.8) is 0 Å². The molecule has 0 unspecified atom stereocenters. The molecule has 5 heteroatoms. The second-order valence-electron chi connectivity index (χ2n) is 3.84. The summed E-state index contributed by atoms with van der Waals surface area (Å²) in [4.78, 5) is 3.90. The molecule has 0 saturated carbocycles. The third-order valence-corrected chi connectivity index (χ3v) is 2.53. The van der Waals surface area contributed by atoms with Crippen LogP contribution in [0.3, 0.4) is 0 Å². The predicted molar refractivity (Wildman–Crippen MR) is 57.6 cm³/mol. The van der Waals surface area contributed by atoms with Crippen LogP contribution in [0.15, 0.2) is 18.3 Å². The summed E-state index contributed by atoms with van der Waals surface area (Å²) in [6, 6.07) is 2.94. The third kappa shape index (κ3) is 2.68. The lowest BCUT2D eigenvalue weighted by molar-refractivity contribution is -0.144. The Morgan fingerprint density at radius 3 is 2.94 bits per heavy atom. The molecule has 0 aliphatic carbocycles. The summed E-state index contributed by atoms with van der Waals surface area (Å²) >= 11 is 0. The van der Waals surface area contributed by atoms with E-state index in [1.807, 2.05) is 6.92 Å². The van der Waals surface area contributed by atoms with Gasteiger partial charge in [0.25, 0.3) is 0 Å². The van der Waals surface area contributed by atoms with Gasteiger partial charge in [-0.2, -0.15) is 0 Å². The fraction of sp³-hybridized carbons (Fsp3) is 0.545. The van der Waals surface area contributed by atoms with Crippen LogP contribution in [0.4, 0.5) is 10.2 Å². The van der Waals surface area contributed by atoms with Gasteiger partial charge in [0.2, 0.25) is 0 Å². The van der Waals surface area contributed by atoms with E-state index in [1.165, 1.54) is 6.07 Å². The minimum atomic E-state index is -0.543. The van der Waals surface area contributed by atoms with Crippen molar-refractivity contribution in [3.05, 3.63) is 24.1 Å². The lowest BCUT2D eigenvalue weighted by Gasteiger charge is -2.22. The highest BCUT2D eigenvalue weighted by atomic mass is 19.1.